The first-order valence-electron chi connectivity index (χ1n) is 11.5. The van der Waals surface area contributed by atoms with Gasteiger partial charge in [0, 0.05) is 35.3 Å². The minimum Gasteiger partial charge on any atom is -0.497 e. The molecule has 0 radical (unpaired) electrons. The van der Waals surface area contributed by atoms with Crippen molar-refractivity contribution in [2.75, 3.05) is 20.2 Å². The SMILES string of the molecule is COc1ccc(C(=O)C2CCN(C(=O)CC34CC5CC(CC(Br)(C5)C3)C4)CC2)cc1. The first kappa shape index (κ1) is 20.5. The van der Waals surface area contributed by atoms with Crippen LogP contribution in [0.4, 0.5) is 0 Å². The largest absolute Gasteiger partial charge is 0.497 e. The highest BCUT2D eigenvalue weighted by molar-refractivity contribution is 9.10. The number of methoxy groups -OCH3 is 1. The Morgan fingerprint density at radius 2 is 1.70 bits per heavy atom. The summed E-state index contributed by atoms with van der Waals surface area (Å²) < 4.78 is 5.48. The minimum atomic E-state index is 0.0211. The normalized spacial score (nSPS) is 35.5. The number of ether oxygens (including phenoxy) is 1. The second-order valence-electron chi connectivity index (χ2n) is 10.5. The number of halogens is 1. The monoisotopic (exact) mass is 473 g/mol. The van der Waals surface area contributed by atoms with Crippen LogP contribution in [0.5, 0.6) is 5.75 Å². The van der Waals surface area contributed by atoms with Crippen LogP contribution in [-0.4, -0.2) is 41.1 Å². The topological polar surface area (TPSA) is 46.6 Å². The summed E-state index contributed by atoms with van der Waals surface area (Å²) in [6, 6.07) is 7.38. The molecule has 4 aliphatic carbocycles. The fourth-order valence-electron chi connectivity index (χ4n) is 7.36. The number of hydrogen-bond donors (Lipinski definition) is 0. The van der Waals surface area contributed by atoms with Gasteiger partial charge in [0.2, 0.25) is 5.91 Å². The summed E-state index contributed by atoms with van der Waals surface area (Å²) in [5.41, 5.74) is 0.970. The first-order chi connectivity index (χ1) is 14.4. The summed E-state index contributed by atoms with van der Waals surface area (Å²) >= 11 is 4.06. The van der Waals surface area contributed by atoms with E-state index in [0.717, 1.165) is 36.0 Å². The van der Waals surface area contributed by atoms with Crippen molar-refractivity contribution in [1.82, 2.24) is 4.90 Å². The zero-order valence-corrected chi connectivity index (χ0v) is 19.5. The molecule has 2 unspecified atom stereocenters. The molecule has 1 aromatic carbocycles. The highest BCUT2D eigenvalue weighted by Gasteiger charge is 2.57. The molecular formula is C25H32BrNO3. The molecule has 0 aromatic heterocycles. The fourth-order valence-corrected chi connectivity index (χ4v) is 8.87. The Labute approximate surface area is 187 Å². The van der Waals surface area contributed by atoms with Gasteiger partial charge in [-0.15, -0.1) is 0 Å². The van der Waals surface area contributed by atoms with Crippen molar-refractivity contribution in [3.05, 3.63) is 29.8 Å². The van der Waals surface area contributed by atoms with Gasteiger partial charge in [-0.25, -0.2) is 0 Å². The lowest BCUT2D eigenvalue weighted by Gasteiger charge is -2.60. The molecule has 1 aliphatic heterocycles. The third-order valence-corrected chi connectivity index (χ3v) is 9.16. The molecule has 0 N–H and O–H groups in total. The van der Waals surface area contributed by atoms with Gasteiger partial charge in [-0.2, -0.15) is 0 Å². The summed E-state index contributed by atoms with van der Waals surface area (Å²) in [5.74, 6) is 2.93. The zero-order valence-electron chi connectivity index (χ0n) is 17.9. The Morgan fingerprint density at radius 3 is 2.27 bits per heavy atom. The lowest BCUT2D eigenvalue weighted by Crippen LogP contribution is -2.54. The number of carbonyl (C=O) groups excluding carboxylic acids is 2. The van der Waals surface area contributed by atoms with Gasteiger partial charge in [0.05, 0.1) is 7.11 Å². The molecule has 1 amide bonds. The van der Waals surface area contributed by atoms with Crippen molar-refractivity contribution >= 4 is 27.6 Å². The molecule has 6 rings (SSSR count). The average molecular weight is 474 g/mol. The summed E-state index contributed by atoms with van der Waals surface area (Å²) in [4.78, 5) is 28.1. The second kappa shape index (κ2) is 7.65. The molecule has 4 nitrogen and oxygen atoms in total. The van der Waals surface area contributed by atoms with Crippen molar-refractivity contribution in [2.24, 2.45) is 23.2 Å². The summed E-state index contributed by atoms with van der Waals surface area (Å²) in [5, 5.41) is 0. The van der Waals surface area contributed by atoms with Gasteiger partial charge in [-0.05, 0) is 92.9 Å². The molecule has 5 fully saturated rings. The van der Waals surface area contributed by atoms with E-state index in [9.17, 15) is 9.59 Å². The molecule has 1 heterocycles. The minimum absolute atomic E-state index is 0.0211. The van der Waals surface area contributed by atoms with E-state index in [2.05, 4.69) is 15.9 Å². The smallest absolute Gasteiger partial charge is 0.223 e. The number of Topliss-reactive ketones (excluding diaryl/α,β-unsaturated/α-hetero) is 1. The summed E-state index contributed by atoms with van der Waals surface area (Å²) in [6.07, 6.45) is 9.91. The van der Waals surface area contributed by atoms with Crippen LogP contribution in [0.25, 0.3) is 0 Å². The number of carbonyl (C=O) groups is 2. The molecule has 2 atom stereocenters. The Hall–Kier alpha value is -1.36. The fraction of sp³-hybridized carbons (Fsp3) is 0.680. The van der Waals surface area contributed by atoms with Crippen LogP contribution in [0.2, 0.25) is 0 Å². The van der Waals surface area contributed by atoms with E-state index in [1.165, 1.54) is 38.5 Å². The average Bonchev–Trinajstić information content (AvgIpc) is 2.71. The maximum absolute atomic E-state index is 13.2. The molecule has 1 aromatic rings. The molecule has 30 heavy (non-hydrogen) atoms. The molecule has 5 aliphatic rings. The lowest BCUT2D eigenvalue weighted by molar-refractivity contribution is -0.139. The van der Waals surface area contributed by atoms with Gasteiger partial charge in [-0.1, -0.05) is 15.9 Å². The number of nitrogens with zero attached hydrogens (tertiary/aromatic N) is 1. The Balaban J connectivity index is 1.18. The standard InChI is InChI=1S/C25H32BrNO3/c1-30-21-4-2-19(3-5-21)23(29)20-6-8-27(9-7-20)22(28)15-24-11-17-10-18(12-24)14-25(26,13-17)16-24/h2-5,17-18,20H,6-16H2,1H3. The van der Waals surface area contributed by atoms with E-state index in [1.807, 2.05) is 29.2 Å². The highest BCUT2D eigenvalue weighted by Crippen LogP contribution is 2.65. The number of rotatable bonds is 5. The third-order valence-electron chi connectivity index (χ3n) is 8.23. The number of alkyl halides is 1. The Kier molecular flexibility index (Phi) is 5.24. The van der Waals surface area contributed by atoms with Gasteiger partial charge < -0.3 is 9.64 Å². The van der Waals surface area contributed by atoms with E-state index < -0.39 is 0 Å². The Morgan fingerprint density at radius 1 is 1.07 bits per heavy atom. The van der Waals surface area contributed by atoms with Gasteiger partial charge >= 0.3 is 0 Å². The predicted octanol–water partition coefficient (Wildman–Crippen LogP) is 5.24. The van der Waals surface area contributed by atoms with Gasteiger partial charge in [-0.3, -0.25) is 9.59 Å². The molecule has 162 valence electrons. The van der Waals surface area contributed by atoms with Crippen LogP contribution in [0, 0.1) is 23.2 Å². The van der Waals surface area contributed by atoms with Crippen LogP contribution < -0.4 is 4.74 Å². The third kappa shape index (κ3) is 3.83. The van der Waals surface area contributed by atoms with E-state index in [4.69, 9.17) is 4.74 Å². The zero-order chi connectivity index (χ0) is 20.9. The van der Waals surface area contributed by atoms with Crippen molar-refractivity contribution in [1.29, 1.82) is 0 Å². The van der Waals surface area contributed by atoms with Gasteiger partial charge in [0.1, 0.15) is 5.75 Å². The summed E-state index contributed by atoms with van der Waals surface area (Å²) in [6.45, 7) is 1.43. The first-order valence-corrected chi connectivity index (χ1v) is 12.3. The number of piperidine rings is 1. The van der Waals surface area contributed by atoms with Gasteiger partial charge in [0.25, 0.3) is 0 Å². The highest BCUT2D eigenvalue weighted by atomic mass is 79.9. The molecule has 1 saturated heterocycles. The van der Waals surface area contributed by atoms with Crippen molar-refractivity contribution in [3.8, 4) is 5.75 Å². The van der Waals surface area contributed by atoms with E-state index >= 15 is 0 Å². The van der Waals surface area contributed by atoms with E-state index in [-0.39, 0.29) is 17.1 Å². The van der Waals surface area contributed by atoms with Crippen LogP contribution in [0.1, 0.15) is 68.1 Å². The molecular weight excluding hydrogens is 442 g/mol. The maximum Gasteiger partial charge on any atom is 0.223 e. The van der Waals surface area contributed by atoms with Crippen LogP contribution >= 0.6 is 15.9 Å². The number of hydrogen-bond acceptors (Lipinski definition) is 3. The number of ketones is 1. The number of benzene rings is 1. The molecule has 5 heteroatoms. The molecule has 0 spiro atoms. The van der Waals surface area contributed by atoms with Gasteiger partial charge in [0.15, 0.2) is 5.78 Å². The predicted molar refractivity (Wildman–Crippen MR) is 120 cm³/mol. The van der Waals surface area contributed by atoms with Crippen molar-refractivity contribution < 1.29 is 14.3 Å². The molecule has 4 saturated carbocycles. The molecule has 4 bridgehead atoms. The van der Waals surface area contributed by atoms with Crippen molar-refractivity contribution in [2.45, 2.75) is 62.1 Å². The van der Waals surface area contributed by atoms with E-state index in [0.29, 0.717) is 29.7 Å². The second-order valence-corrected chi connectivity index (χ2v) is 12.2. The maximum atomic E-state index is 13.2. The van der Waals surface area contributed by atoms with Crippen LogP contribution in [0.15, 0.2) is 24.3 Å². The van der Waals surface area contributed by atoms with Crippen LogP contribution in [0.3, 0.4) is 0 Å². The quantitative estimate of drug-likeness (QED) is 0.433. The Bertz CT molecular complexity index is 813. The number of likely N-dealkylation sites (tertiary alicyclic amines) is 1. The summed E-state index contributed by atoms with van der Waals surface area (Å²) in [7, 11) is 1.63. The lowest BCUT2D eigenvalue weighted by atomic mass is 9.48. The van der Waals surface area contributed by atoms with Crippen molar-refractivity contribution in [3.63, 3.8) is 0 Å². The van der Waals surface area contributed by atoms with E-state index in [1.54, 1.807) is 7.11 Å². The number of amides is 1. The van der Waals surface area contributed by atoms with Crippen LogP contribution in [-0.2, 0) is 4.79 Å².